The highest BCUT2D eigenvalue weighted by Gasteiger charge is 2.19. The predicted octanol–water partition coefficient (Wildman–Crippen LogP) is 3.96. The summed E-state index contributed by atoms with van der Waals surface area (Å²) >= 11 is 0. The Balaban J connectivity index is 2.28. The van der Waals surface area contributed by atoms with Crippen LogP contribution in [0.5, 0.6) is 0 Å². The Morgan fingerprint density at radius 1 is 1.19 bits per heavy atom. The van der Waals surface area contributed by atoms with Crippen LogP contribution in [0.1, 0.15) is 49.3 Å². The number of aryl methyl sites for hydroxylation is 2. The van der Waals surface area contributed by atoms with Gasteiger partial charge < -0.3 is 19.4 Å². The summed E-state index contributed by atoms with van der Waals surface area (Å²) in [5, 5.41) is 3.72. The van der Waals surface area contributed by atoms with E-state index in [2.05, 4.69) is 5.32 Å². The van der Waals surface area contributed by atoms with Crippen molar-refractivity contribution in [3.8, 4) is 0 Å². The van der Waals surface area contributed by atoms with E-state index in [1.165, 1.54) is 0 Å². The second-order valence-electron chi connectivity index (χ2n) is 7.28. The van der Waals surface area contributed by atoms with E-state index >= 15 is 0 Å². The SMILES string of the molecule is CCOC(=O)c1cc2ccc(C)c(C)c2n1CCNC(=O)OC(C)(C)C. The lowest BCUT2D eigenvalue weighted by Crippen LogP contribution is -2.34. The fraction of sp³-hybridized carbons (Fsp3) is 0.500. The van der Waals surface area contributed by atoms with Crippen LogP contribution in [0.4, 0.5) is 4.79 Å². The summed E-state index contributed by atoms with van der Waals surface area (Å²) in [5.41, 5.74) is 3.18. The van der Waals surface area contributed by atoms with Crippen LogP contribution in [0.15, 0.2) is 18.2 Å². The minimum absolute atomic E-state index is 0.314. The third-order valence-electron chi connectivity index (χ3n) is 4.07. The maximum absolute atomic E-state index is 12.4. The van der Waals surface area contributed by atoms with Crippen molar-refractivity contribution in [3.05, 3.63) is 35.0 Å². The number of carbonyl (C=O) groups is 2. The Kier molecular flexibility index (Phi) is 5.95. The lowest BCUT2D eigenvalue weighted by Gasteiger charge is -2.20. The number of rotatable bonds is 5. The van der Waals surface area contributed by atoms with Crippen LogP contribution in [0.2, 0.25) is 0 Å². The van der Waals surface area contributed by atoms with Crippen molar-refractivity contribution in [1.29, 1.82) is 0 Å². The Bertz CT molecular complexity index is 815. The van der Waals surface area contributed by atoms with Gasteiger partial charge in [-0.1, -0.05) is 12.1 Å². The molecule has 0 fully saturated rings. The highest BCUT2D eigenvalue weighted by atomic mass is 16.6. The maximum atomic E-state index is 12.4. The topological polar surface area (TPSA) is 69.6 Å². The van der Waals surface area contributed by atoms with Crippen molar-refractivity contribution in [1.82, 2.24) is 9.88 Å². The molecular formula is C20H28N2O4. The van der Waals surface area contributed by atoms with Crippen LogP contribution >= 0.6 is 0 Å². The van der Waals surface area contributed by atoms with Crippen LogP contribution in [-0.2, 0) is 16.0 Å². The van der Waals surface area contributed by atoms with Gasteiger partial charge in [0.2, 0.25) is 0 Å². The first kappa shape index (κ1) is 19.8. The second kappa shape index (κ2) is 7.81. The average molecular weight is 360 g/mol. The van der Waals surface area contributed by atoms with E-state index in [1.807, 2.05) is 57.4 Å². The molecule has 0 saturated heterocycles. The van der Waals surface area contributed by atoms with Crippen molar-refractivity contribution in [2.45, 2.75) is 53.7 Å². The number of fused-ring (bicyclic) bond motifs is 1. The molecule has 1 heterocycles. The van der Waals surface area contributed by atoms with Crippen molar-refractivity contribution >= 4 is 23.0 Å². The molecule has 2 rings (SSSR count). The molecule has 2 aromatic rings. The Morgan fingerprint density at radius 3 is 2.50 bits per heavy atom. The van der Waals surface area contributed by atoms with Crippen molar-refractivity contribution in [2.24, 2.45) is 0 Å². The summed E-state index contributed by atoms with van der Waals surface area (Å²) in [4.78, 5) is 24.2. The number of hydrogen-bond acceptors (Lipinski definition) is 4. The van der Waals surface area contributed by atoms with E-state index in [9.17, 15) is 9.59 Å². The maximum Gasteiger partial charge on any atom is 0.407 e. The molecule has 1 aromatic carbocycles. The number of nitrogens with one attached hydrogen (secondary N) is 1. The third kappa shape index (κ3) is 4.56. The van der Waals surface area contributed by atoms with Crippen LogP contribution in [-0.4, -0.2) is 35.4 Å². The monoisotopic (exact) mass is 360 g/mol. The first-order chi connectivity index (χ1) is 12.1. The fourth-order valence-electron chi connectivity index (χ4n) is 2.83. The van der Waals surface area contributed by atoms with Crippen molar-refractivity contribution in [3.63, 3.8) is 0 Å². The molecular weight excluding hydrogens is 332 g/mol. The third-order valence-corrected chi connectivity index (χ3v) is 4.07. The second-order valence-corrected chi connectivity index (χ2v) is 7.28. The molecule has 0 aliphatic rings. The summed E-state index contributed by atoms with van der Waals surface area (Å²) in [6, 6.07) is 5.88. The number of esters is 1. The standard InChI is InChI=1S/C20H28N2O4/c1-7-25-18(23)16-12-15-9-8-13(2)14(3)17(15)22(16)11-10-21-19(24)26-20(4,5)6/h8-9,12H,7,10-11H2,1-6H3,(H,21,24). The lowest BCUT2D eigenvalue weighted by molar-refractivity contribution is 0.0514. The first-order valence-corrected chi connectivity index (χ1v) is 8.87. The number of aromatic nitrogens is 1. The van der Waals surface area contributed by atoms with E-state index in [0.717, 1.165) is 22.0 Å². The number of carbonyl (C=O) groups excluding carboxylic acids is 2. The van der Waals surface area contributed by atoms with E-state index in [0.29, 0.717) is 25.4 Å². The molecule has 26 heavy (non-hydrogen) atoms. The molecule has 0 saturated carbocycles. The van der Waals surface area contributed by atoms with Gasteiger partial charge in [0, 0.05) is 18.5 Å². The van der Waals surface area contributed by atoms with Crippen LogP contribution < -0.4 is 5.32 Å². The van der Waals surface area contributed by atoms with Gasteiger partial charge in [0.05, 0.1) is 12.1 Å². The van der Waals surface area contributed by atoms with Gasteiger partial charge in [0.15, 0.2) is 0 Å². The van der Waals surface area contributed by atoms with Gasteiger partial charge in [-0.05, 0) is 58.7 Å². The molecule has 0 aliphatic carbocycles. The van der Waals surface area contributed by atoms with Gasteiger partial charge in [-0.2, -0.15) is 0 Å². The summed E-state index contributed by atoms with van der Waals surface area (Å²) < 4.78 is 12.4. The van der Waals surface area contributed by atoms with Gasteiger partial charge in [-0.15, -0.1) is 0 Å². The Labute approximate surface area is 154 Å². The highest BCUT2D eigenvalue weighted by molar-refractivity contribution is 5.97. The molecule has 142 valence electrons. The fourth-order valence-corrected chi connectivity index (χ4v) is 2.83. The van der Waals surface area contributed by atoms with Gasteiger partial charge in [0.25, 0.3) is 0 Å². The minimum Gasteiger partial charge on any atom is -0.461 e. The predicted molar refractivity (Wildman–Crippen MR) is 102 cm³/mol. The Hall–Kier alpha value is -2.50. The van der Waals surface area contributed by atoms with Crippen LogP contribution in [0, 0.1) is 13.8 Å². The summed E-state index contributed by atoms with van der Waals surface area (Å²) in [6.07, 6.45) is -0.473. The molecule has 0 bridgehead atoms. The van der Waals surface area contributed by atoms with Gasteiger partial charge in [-0.3, -0.25) is 0 Å². The number of alkyl carbamates (subject to hydrolysis) is 1. The summed E-state index contributed by atoms with van der Waals surface area (Å²) in [5.74, 6) is -0.363. The molecule has 1 aromatic heterocycles. The summed E-state index contributed by atoms with van der Waals surface area (Å²) in [6.45, 7) is 12.4. The molecule has 1 amide bonds. The number of benzene rings is 1. The molecule has 6 nitrogen and oxygen atoms in total. The zero-order chi connectivity index (χ0) is 19.5. The lowest BCUT2D eigenvalue weighted by atomic mass is 10.1. The van der Waals surface area contributed by atoms with E-state index in [1.54, 1.807) is 6.92 Å². The average Bonchev–Trinajstić information content (AvgIpc) is 2.89. The molecule has 0 unspecified atom stereocenters. The van der Waals surface area contributed by atoms with Crippen LogP contribution in [0.3, 0.4) is 0 Å². The van der Waals surface area contributed by atoms with Crippen LogP contribution in [0.25, 0.3) is 10.9 Å². The van der Waals surface area contributed by atoms with Gasteiger partial charge in [-0.25, -0.2) is 9.59 Å². The smallest absolute Gasteiger partial charge is 0.407 e. The van der Waals surface area contributed by atoms with E-state index in [4.69, 9.17) is 9.47 Å². The largest absolute Gasteiger partial charge is 0.461 e. The zero-order valence-electron chi connectivity index (χ0n) is 16.4. The number of hydrogen-bond donors (Lipinski definition) is 1. The molecule has 0 spiro atoms. The van der Waals surface area contributed by atoms with Crippen molar-refractivity contribution in [2.75, 3.05) is 13.2 Å². The zero-order valence-corrected chi connectivity index (χ0v) is 16.4. The van der Waals surface area contributed by atoms with Gasteiger partial charge >= 0.3 is 12.1 Å². The van der Waals surface area contributed by atoms with E-state index in [-0.39, 0.29) is 5.97 Å². The molecule has 6 heteroatoms. The highest BCUT2D eigenvalue weighted by Crippen LogP contribution is 2.26. The normalized spacial score (nSPS) is 11.5. The minimum atomic E-state index is -0.548. The molecule has 0 aliphatic heterocycles. The summed E-state index contributed by atoms with van der Waals surface area (Å²) in [7, 11) is 0. The number of amides is 1. The first-order valence-electron chi connectivity index (χ1n) is 8.87. The quantitative estimate of drug-likeness (QED) is 0.820. The Morgan fingerprint density at radius 2 is 1.88 bits per heavy atom. The number of nitrogens with zero attached hydrogens (tertiary/aromatic N) is 1. The molecule has 0 atom stereocenters. The molecule has 0 radical (unpaired) electrons. The van der Waals surface area contributed by atoms with Gasteiger partial charge in [0.1, 0.15) is 11.3 Å². The van der Waals surface area contributed by atoms with E-state index < -0.39 is 11.7 Å². The van der Waals surface area contributed by atoms with Crippen molar-refractivity contribution < 1.29 is 19.1 Å². The molecule has 1 N–H and O–H groups in total. The number of ether oxygens (including phenoxy) is 2.